The van der Waals surface area contributed by atoms with Crippen molar-refractivity contribution < 1.29 is 0 Å². The van der Waals surface area contributed by atoms with E-state index in [0.29, 0.717) is 11.1 Å². The van der Waals surface area contributed by atoms with Gasteiger partial charge in [-0.2, -0.15) is 0 Å². The van der Waals surface area contributed by atoms with Gasteiger partial charge in [-0.3, -0.25) is 0 Å². The standard InChI is InChI=1S/C9H11ClN2/c1-6-4-7(10)5-11-9(6)12-8-2-3-8/h4-5,8H,2-3H2,1H3,(H,11,12). The number of aryl methyl sites for hydroxylation is 1. The molecule has 1 heterocycles. The molecule has 0 bridgehead atoms. The molecule has 12 heavy (non-hydrogen) atoms. The highest BCUT2D eigenvalue weighted by Crippen LogP contribution is 2.25. The smallest absolute Gasteiger partial charge is 0.129 e. The molecule has 1 aromatic rings. The Balaban J connectivity index is 2.18. The van der Waals surface area contributed by atoms with E-state index in [-0.39, 0.29) is 0 Å². The lowest BCUT2D eigenvalue weighted by Crippen LogP contribution is -2.04. The summed E-state index contributed by atoms with van der Waals surface area (Å²) in [6.07, 6.45) is 4.22. The summed E-state index contributed by atoms with van der Waals surface area (Å²) in [4.78, 5) is 4.21. The summed E-state index contributed by atoms with van der Waals surface area (Å²) in [7, 11) is 0. The molecule has 64 valence electrons. The van der Waals surface area contributed by atoms with Crippen LogP contribution in [-0.4, -0.2) is 11.0 Å². The number of pyridine rings is 1. The van der Waals surface area contributed by atoms with Crippen molar-refractivity contribution in [1.82, 2.24) is 4.98 Å². The van der Waals surface area contributed by atoms with Crippen LogP contribution < -0.4 is 5.32 Å². The Labute approximate surface area is 77.0 Å². The molecule has 1 aliphatic rings. The maximum absolute atomic E-state index is 5.78. The zero-order valence-corrected chi connectivity index (χ0v) is 7.73. The lowest BCUT2D eigenvalue weighted by atomic mass is 10.3. The van der Waals surface area contributed by atoms with Crippen molar-refractivity contribution >= 4 is 17.4 Å². The molecule has 1 aliphatic carbocycles. The first-order valence-electron chi connectivity index (χ1n) is 4.14. The summed E-state index contributed by atoms with van der Waals surface area (Å²) in [6.45, 7) is 2.02. The molecule has 2 rings (SSSR count). The van der Waals surface area contributed by atoms with Crippen LogP contribution >= 0.6 is 11.6 Å². The fourth-order valence-electron chi connectivity index (χ4n) is 1.11. The molecule has 0 aromatic carbocycles. The molecule has 0 radical (unpaired) electrons. The number of hydrogen-bond donors (Lipinski definition) is 1. The Hall–Kier alpha value is -0.760. The number of aromatic nitrogens is 1. The number of rotatable bonds is 2. The molecule has 0 spiro atoms. The van der Waals surface area contributed by atoms with Crippen LogP contribution in [0, 0.1) is 6.92 Å². The van der Waals surface area contributed by atoms with Crippen molar-refractivity contribution in [3.05, 3.63) is 22.8 Å². The monoisotopic (exact) mass is 182 g/mol. The van der Waals surface area contributed by atoms with Crippen LogP contribution in [-0.2, 0) is 0 Å². The minimum absolute atomic E-state index is 0.650. The maximum atomic E-state index is 5.78. The Morgan fingerprint density at radius 1 is 1.58 bits per heavy atom. The molecule has 0 saturated heterocycles. The highest BCUT2D eigenvalue weighted by Gasteiger charge is 2.21. The van der Waals surface area contributed by atoms with Gasteiger partial charge in [0.1, 0.15) is 5.82 Å². The lowest BCUT2D eigenvalue weighted by Gasteiger charge is -2.06. The first-order chi connectivity index (χ1) is 5.75. The lowest BCUT2D eigenvalue weighted by molar-refractivity contribution is 1.10. The third-order valence-electron chi connectivity index (χ3n) is 1.96. The van der Waals surface area contributed by atoms with Gasteiger partial charge >= 0.3 is 0 Å². The first-order valence-corrected chi connectivity index (χ1v) is 4.52. The highest BCUT2D eigenvalue weighted by molar-refractivity contribution is 6.30. The predicted octanol–water partition coefficient (Wildman–Crippen LogP) is 2.62. The zero-order valence-electron chi connectivity index (χ0n) is 6.97. The summed E-state index contributed by atoms with van der Waals surface area (Å²) in [5, 5.41) is 4.04. The Morgan fingerprint density at radius 3 is 2.92 bits per heavy atom. The van der Waals surface area contributed by atoms with Gasteiger partial charge in [-0.15, -0.1) is 0 Å². The minimum Gasteiger partial charge on any atom is -0.367 e. The van der Waals surface area contributed by atoms with Crippen molar-refractivity contribution in [2.45, 2.75) is 25.8 Å². The van der Waals surface area contributed by atoms with Crippen LogP contribution in [0.5, 0.6) is 0 Å². The van der Waals surface area contributed by atoms with Crippen molar-refractivity contribution in [3.8, 4) is 0 Å². The van der Waals surface area contributed by atoms with Crippen molar-refractivity contribution in [1.29, 1.82) is 0 Å². The van der Waals surface area contributed by atoms with Crippen molar-refractivity contribution in [2.75, 3.05) is 5.32 Å². The summed E-state index contributed by atoms with van der Waals surface area (Å²) in [5.74, 6) is 0.974. The second-order valence-corrected chi connectivity index (χ2v) is 3.67. The second-order valence-electron chi connectivity index (χ2n) is 3.24. The van der Waals surface area contributed by atoms with Crippen LogP contribution in [0.1, 0.15) is 18.4 Å². The van der Waals surface area contributed by atoms with Gasteiger partial charge in [0.15, 0.2) is 0 Å². The van der Waals surface area contributed by atoms with Gasteiger partial charge in [-0.05, 0) is 31.4 Å². The quantitative estimate of drug-likeness (QED) is 0.761. The van der Waals surface area contributed by atoms with Gasteiger partial charge in [0.05, 0.1) is 5.02 Å². The zero-order chi connectivity index (χ0) is 8.55. The SMILES string of the molecule is Cc1cc(Cl)cnc1NC1CC1. The molecule has 0 atom stereocenters. The number of hydrogen-bond acceptors (Lipinski definition) is 2. The van der Waals surface area contributed by atoms with E-state index in [9.17, 15) is 0 Å². The second kappa shape index (κ2) is 2.94. The first kappa shape index (κ1) is 7.87. The highest BCUT2D eigenvalue weighted by atomic mass is 35.5. The minimum atomic E-state index is 0.650. The van der Waals surface area contributed by atoms with Crippen LogP contribution in [0.3, 0.4) is 0 Å². The maximum Gasteiger partial charge on any atom is 0.129 e. The fourth-order valence-corrected chi connectivity index (χ4v) is 1.33. The molecule has 1 aromatic heterocycles. The van der Waals surface area contributed by atoms with Gasteiger partial charge in [-0.1, -0.05) is 11.6 Å². The van der Waals surface area contributed by atoms with E-state index in [2.05, 4.69) is 10.3 Å². The summed E-state index contributed by atoms with van der Waals surface area (Å²) >= 11 is 5.78. The number of nitrogens with zero attached hydrogens (tertiary/aromatic N) is 1. The van der Waals surface area contributed by atoms with E-state index in [4.69, 9.17) is 11.6 Å². The Bertz CT molecular complexity index is 295. The number of anilines is 1. The third kappa shape index (κ3) is 1.69. The van der Waals surface area contributed by atoms with Gasteiger partial charge in [-0.25, -0.2) is 4.98 Å². The normalized spacial score (nSPS) is 16.2. The van der Waals surface area contributed by atoms with Crippen molar-refractivity contribution in [2.24, 2.45) is 0 Å². The molecule has 1 N–H and O–H groups in total. The Morgan fingerprint density at radius 2 is 2.33 bits per heavy atom. The molecular formula is C9H11ClN2. The van der Waals surface area contributed by atoms with Crippen LogP contribution in [0.25, 0.3) is 0 Å². The topological polar surface area (TPSA) is 24.9 Å². The summed E-state index contributed by atoms with van der Waals surface area (Å²) in [5.41, 5.74) is 1.12. The van der Waals surface area contributed by atoms with Gasteiger partial charge in [0.25, 0.3) is 0 Å². The van der Waals surface area contributed by atoms with E-state index >= 15 is 0 Å². The predicted molar refractivity (Wildman–Crippen MR) is 50.6 cm³/mol. The van der Waals surface area contributed by atoms with Crippen LogP contribution in [0.4, 0.5) is 5.82 Å². The van der Waals surface area contributed by atoms with Crippen LogP contribution in [0.2, 0.25) is 5.02 Å². The molecule has 3 heteroatoms. The molecular weight excluding hydrogens is 172 g/mol. The molecule has 1 saturated carbocycles. The van der Waals surface area contributed by atoms with E-state index < -0.39 is 0 Å². The molecule has 2 nitrogen and oxygen atoms in total. The Kier molecular flexibility index (Phi) is 1.93. The van der Waals surface area contributed by atoms with E-state index in [1.165, 1.54) is 12.8 Å². The largest absolute Gasteiger partial charge is 0.367 e. The average molecular weight is 183 g/mol. The van der Waals surface area contributed by atoms with E-state index in [0.717, 1.165) is 11.4 Å². The molecule has 0 amide bonds. The number of nitrogens with one attached hydrogen (secondary N) is 1. The van der Waals surface area contributed by atoms with Crippen LogP contribution in [0.15, 0.2) is 12.3 Å². The molecule has 0 aliphatic heterocycles. The van der Waals surface area contributed by atoms with Crippen molar-refractivity contribution in [3.63, 3.8) is 0 Å². The molecule has 0 unspecified atom stereocenters. The van der Waals surface area contributed by atoms with Gasteiger partial charge in [0, 0.05) is 12.2 Å². The van der Waals surface area contributed by atoms with E-state index in [1.54, 1.807) is 6.20 Å². The number of halogens is 1. The van der Waals surface area contributed by atoms with Gasteiger partial charge < -0.3 is 5.32 Å². The van der Waals surface area contributed by atoms with E-state index in [1.807, 2.05) is 13.0 Å². The summed E-state index contributed by atoms with van der Waals surface area (Å²) < 4.78 is 0. The summed E-state index contributed by atoms with van der Waals surface area (Å²) in [6, 6.07) is 2.58. The molecule has 1 fully saturated rings. The van der Waals surface area contributed by atoms with Gasteiger partial charge in [0.2, 0.25) is 0 Å². The third-order valence-corrected chi connectivity index (χ3v) is 2.17. The average Bonchev–Trinajstić information content (AvgIpc) is 2.79. The fraction of sp³-hybridized carbons (Fsp3) is 0.444.